The first-order valence-corrected chi connectivity index (χ1v) is 6.96. The summed E-state index contributed by atoms with van der Waals surface area (Å²) in [6.07, 6.45) is 0. The van der Waals surface area contributed by atoms with Gasteiger partial charge < -0.3 is 10.1 Å². The molecule has 1 heterocycles. The minimum Gasteiger partial charge on any atom is -0.481 e. The van der Waals surface area contributed by atoms with Gasteiger partial charge in [0.1, 0.15) is 0 Å². The summed E-state index contributed by atoms with van der Waals surface area (Å²) in [7, 11) is 1.54. The molecule has 0 atom stereocenters. The number of aromatic nitrogens is 1. The lowest BCUT2D eigenvalue weighted by Crippen LogP contribution is -2.12. The van der Waals surface area contributed by atoms with Crippen LogP contribution in [-0.2, 0) is 0 Å². The summed E-state index contributed by atoms with van der Waals surface area (Å²) >= 11 is 0. The van der Waals surface area contributed by atoms with Crippen molar-refractivity contribution in [1.82, 2.24) is 4.98 Å². The van der Waals surface area contributed by atoms with E-state index in [4.69, 9.17) is 10.00 Å². The van der Waals surface area contributed by atoms with Crippen molar-refractivity contribution < 1.29 is 9.53 Å². The van der Waals surface area contributed by atoms with E-state index in [0.717, 1.165) is 5.39 Å². The number of benzene rings is 2. The monoisotopic (exact) mass is 303 g/mol. The van der Waals surface area contributed by atoms with Crippen molar-refractivity contribution in [1.29, 1.82) is 5.26 Å². The number of amides is 1. The highest BCUT2D eigenvalue weighted by atomic mass is 16.5. The van der Waals surface area contributed by atoms with E-state index in [1.165, 1.54) is 0 Å². The van der Waals surface area contributed by atoms with Crippen LogP contribution in [0.4, 0.5) is 5.69 Å². The van der Waals surface area contributed by atoms with Gasteiger partial charge in [0.2, 0.25) is 5.88 Å². The van der Waals surface area contributed by atoms with Crippen LogP contribution in [0.5, 0.6) is 5.88 Å². The van der Waals surface area contributed by atoms with Crippen LogP contribution in [0.15, 0.2) is 54.6 Å². The number of anilines is 1. The van der Waals surface area contributed by atoms with Crippen LogP contribution >= 0.6 is 0 Å². The van der Waals surface area contributed by atoms with E-state index in [0.29, 0.717) is 28.2 Å². The molecule has 3 aromatic rings. The second-order valence-corrected chi connectivity index (χ2v) is 4.88. The van der Waals surface area contributed by atoms with Gasteiger partial charge in [-0.15, -0.1) is 0 Å². The number of carbonyl (C=O) groups excluding carboxylic acids is 1. The molecule has 0 aliphatic heterocycles. The average molecular weight is 303 g/mol. The molecule has 112 valence electrons. The zero-order chi connectivity index (χ0) is 16.2. The van der Waals surface area contributed by atoms with Crippen molar-refractivity contribution in [3.8, 4) is 11.9 Å². The quantitative estimate of drug-likeness (QED) is 0.805. The highest BCUT2D eigenvalue weighted by Crippen LogP contribution is 2.24. The number of nitriles is 1. The van der Waals surface area contributed by atoms with Crippen LogP contribution in [-0.4, -0.2) is 18.0 Å². The van der Waals surface area contributed by atoms with Crippen molar-refractivity contribution in [2.24, 2.45) is 0 Å². The Morgan fingerprint density at radius 1 is 1.17 bits per heavy atom. The van der Waals surface area contributed by atoms with E-state index in [9.17, 15) is 4.79 Å². The van der Waals surface area contributed by atoms with Gasteiger partial charge in [-0.1, -0.05) is 18.2 Å². The summed E-state index contributed by atoms with van der Waals surface area (Å²) in [5, 5.41) is 12.7. The molecular formula is C18H13N3O2. The summed E-state index contributed by atoms with van der Waals surface area (Å²) in [5.41, 5.74) is 2.10. The molecule has 5 nitrogen and oxygen atoms in total. The van der Waals surface area contributed by atoms with Crippen molar-refractivity contribution in [3.63, 3.8) is 0 Å². The Labute approximate surface area is 133 Å². The topological polar surface area (TPSA) is 75.0 Å². The van der Waals surface area contributed by atoms with Gasteiger partial charge in [-0.05, 0) is 30.3 Å². The summed E-state index contributed by atoms with van der Waals surface area (Å²) in [6, 6.07) is 17.8. The Hall–Kier alpha value is -3.39. The van der Waals surface area contributed by atoms with Crippen molar-refractivity contribution >= 4 is 22.5 Å². The molecule has 2 aromatic carbocycles. The zero-order valence-electron chi connectivity index (χ0n) is 12.4. The number of hydrogen-bond donors (Lipinski definition) is 1. The van der Waals surface area contributed by atoms with Gasteiger partial charge in [0.25, 0.3) is 5.91 Å². The maximum Gasteiger partial charge on any atom is 0.255 e. The van der Waals surface area contributed by atoms with E-state index in [2.05, 4.69) is 10.3 Å². The minimum absolute atomic E-state index is 0.292. The Balaban J connectivity index is 1.97. The number of hydrogen-bond acceptors (Lipinski definition) is 4. The first-order chi connectivity index (χ1) is 11.2. The van der Waals surface area contributed by atoms with Crippen LogP contribution in [0.2, 0.25) is 0 Å². The molecule has 0 radical (unpaired) electrons. The zero-order valence-corrected chi connectivity index (χ0v) is 12.4. The van der Waals surface area contributed by atoms with E-state index in [-0.39, 0.29) is 5.91 Å². The van der Waals surface area contributed by atoms with Crippen LogP contribution < -0.4 is 10.1 Å². The number of rotatable bonds is 3. The molecule has 0 bridgehead atoms. The first-order valence-electron chi connectivity index (χ1n) is 6.96. The lowest BCUT2D eigenvalue weighted by molar-refractivity contribution is 0.102. The largest absolute Gasteiger partial charge is 0.481 e. The number of pyridine rings is 1. The molecule has 0 saturated carbocycles. The van der Waals surface area contributed by atoms with Crippen molar-refractivity contribution in [3.05, 3.63) is 65.7 Å². The van der Waals surface area contributed by atoms with Crippen LogP contribution in [0, 0.1) is 11.3 Å². The van der Waals surface area contributed by atoms with Gasteiger partial charge in [-0.2, -0.15) is 5.26 Å². The fourth-order valence-corrected chi connectivity index (χ4v) is 2.27. The highest BCUT2D eigenvalue weighted by Gasteiger charge is 2.10. The SMILES string of the molecule is COc1ccc2cccc(NC(=O)c3cccc(C#N)c3)c2n1. The standard InChI is InChI=1S/C18H13N3O2/c1-23-16-9-8-13-5-3-7-15(17(13)21-16)20-18(22)14-6-2-4-12(10-14)11-19/h2-10H,1H3,(H,20,22). The molecule has 0 aliphatic carbocycles. The average Bonchev–Trinajstić information content (AvgIpc) is 2.61. The molecule has 0 spiro atoms. The van der Waals surface area contributed by atoms with E-state index in [1.54, 1.807) is 43.5 Å². The van der Waals surface area contributed by atoms with Crippen LogP contribution in [0.1, 0.15) is 15.9 Å². The summed E-state index contributed by atoms with van der Waals surface area (Å²) in [6.45, 7) is 0. The third kappa shape index (κ3) is 2.97. The molecule has 0 unspecified atom stereocenters. The third-order valence-corrected chi connectivity index (χ3v) is 3.41. The van der Waals surface area contributed by atoms with Gasteiger partial charge in [0, 0.05) is 17.0 Å². The second kappa shape index (κ2) is 6.16. The second-order valence-electron chi connectivity index (χ2n) is 4.88. The van der Waals surface area contributed by atoms with Gasteiger partial charge in [-0.3, -0.25) is 4.79 Å². The number of fused-ring (bicyclic) bond motifs is 1. The normalized spacial score (nSPS) is 10.1. The van der Waals surface area contributed by atoms with Gasteiger partial charge in [0.15, 0.2) is 0 Å². The van der Waals surface area contributed by atoms with E-state index >= 15 is 0 Å². The van der Waals surface area contributed by atoms with Gasteiger partial charge in [-0.25, -0.2) is 4.98 Å². The minimum atomic E-state index is -0.292. The van der Waals surface area contributed by atoms with E-state index in [1.807, 2.05) is 24.3 Å². The fraction of sp³-hybridized carbons (Fsp3) is 0.0556. The Kier molecular flexibility index (Phi) is 3.89. The lowest BCUT2D eigenvalue weighted by atomic mass is 10.1. The molecule has 0 fully saturated rings. The molecule has 0 saturated heterocycles. The number of ether oxygens (including phenoxy) is 1. The number of nitrogens with zero attached hydrogens (tertiary/aromatic N) is 2. The summed E-state index contributed by atoms with van der Waals surface area (Å²) in [5.74, 6) is 0.185. The number of para-hydroxylation sites is 1. The summed E-state index contributed by atoms with van der Waals surface area (Å²) < 4.78 is 5.14. The molecule has 1 N–H and O–H groups in total. The first kappa shape index (κ1) is 14.5. The van der Waals surface area contributed by atoms with Crippen molar-refractivity contribution in [2.45, 2.75) is 0 Å². The van der Waals surface area contributed by atoms with Gasteiger partial charge >= 0.3 is 0 Å². The molecular weight excluding hydrogens is 290 g/mol. The molecule has 23 heavy (non-hydrogen) atoms. The molecule has 0 aliphatic rings. The maximum absolute atomic E-state index is 12.4. The summed E-state index contributed by atoms with van der Waals surface area (Å²) in [4.78, 5) is 16.8. The molecule has 3 rings (SSSR count). The molecule has 1 aromatic heterocycles. The maximum atomic E-state index is 12.4. The van der Waals surface area contributed by atoms with E-state index < -0.39 is 0 Å². The third-order valence-electron chi connectivity index (χ3n) is 3.41. The highest BCUT2D eigenvalue weighted by molar-refractivity contribution is 6.08. The molecule has 5 heteroatoms. The fourth-order valence-electron chi connectivity index (χ4n) is 2.27. The smallest absolute Gasteiger partial charge is 0.255 e. The number of methoxy groups -OCH3 is 1. The lowest BCUT2D eigenvalue weighted by Gasteiger charge is -2.09. The molecule has 1 amide bonds. The Bertz CT molecular complexity index is 929. The van der Waals surface area contributed by atoms with Crippen LogP contribution in [0.25, 0.3) is 10.9 Å². The predicted octanol–water partition coefficient (Wildman–Crippen LogP) is 3.37. The number of nitrogens with one attached hydrogen (secondary N) is 1. The predicted molar refractivity (Wildman–Crippen MR) is 87.4 cm³/mol. The van der Waals surface area contributed by atoms with Crippen molar-refractivity contribution in [2.75, 3.05) is 12.4 Å². The van der Waals surface area contributed by atoms with Crippen LogP contribution in [0.3, 0.4) is 0 Å². The Morgan fingerprint density at radius 2 is 2.00 bits per heavy atom. The number of carbonyl (C=O) groups is 1. The Morgan fingerprint density at radius 3 is 2.78 bits per heavy atom. The van der Waals surface area contributed by atoms with Gasteiger partial charge in [0.05, 0.1) is 29.9 Å².